The topological polar surface area (TPSA) is 119 Å². The lowest BCUT2D eigenvalue weighted by Crippen LogP contribution is -2.41. The van der Waals surface area contributed by atoms with Crippen LogP contribution in [0.5, 0.6) is 0 Å². The summed E-state index contributed by atoms with van der Waals surface area (Å²) in [5.41, 5.74) is 4.89. The molecule has 0 aromatic heterocycles. The Kier molecular flexibility index (Phi) is 5.65. The van der Waals surface area contributed by atoms with Crippen molar-refractivity contribution in [1.82, 2.24) is 5.32 Å². The maximum absolute atomic E-state index is 13.3. The van der Waals surface area contributed by atoms with Crippen LogP contribution in [0.3, 0.4) is 0 Å². The van der Waals surface area contributed by atoms with Crippen LogP contribution in [-0.2, 0) is 14.3 Å². The molecule has 8 heteroatoms. The zero-order valence-corrected chi connectivity index (χ0v) is 11.3. The number of para-hydroxylation sites is 1. The molecular weight excluding hydrogens is 283 g/mol. The van der Waals surface area contributed by atoms with Crippen molar-refractivity contribution in [2.24, 2.45) is 0 Å². The number of nitrogens with one attached hydrogen (secondary N) is 1. The standard InChI is InChI=1S/C13H15FN2O5/c1-21-10(17)6-5-9(13(19)20)16-12(18)7-3-2-4-8(14)11(7)15/h2-4,9H,5-6,15H2,1H3,(H,16,18)(H,19,20)/t9-/m1/s1. The molecule has 1 aromatic rings. The van der Waals surface area contributed by atoms with Crippen LogP contribution >= 0.6 is 0 Å². The number of carbonyl (C=O) groups is 3. The lowest BCUT2D eigenvalue weighted by Gasteiger charge is -2.14. The van der Waals surface area contributed by atoms with Gasteiger partial charge >= 0.3 is 11.9 Å². The number of rotatable bonds is 6. The highest BCUT2D eigenvalue weighted by Gasteiger charge is 2.23. The summed E-state index contributed by atoms with van der Waals surface area (Å²) >= 11 is 0. The molecule has 0 heterocycles. The Balaban J connectivity index is 2.79. The molecule has 0 radical (unpaired) electrons. The first-order valence-electron chi connectivity index (χ1n) is 6.01. The van der Waals surface area contributed by atoms with Gasteiger partial charge in [0.1, 0.15) is 11.9 Å². The fraction of sp³-hybridized carbons (Fsp3) is 0.308. The van der Waals surface area contributed by atoms with Crippen molar-refractivity contribution in [2.45, 2.75) is 18.9 Å². The molecule has 0 aliphatic carbocycles. The van der Waals surface area contributed by atoms with Gasteiger partial charge in [0.15, 0.2) is 0 Å². The van der Waals surface area contributed by atoms with E-state index < -0.39 is 29.7 Å². The number of amides is 1. The molecular formula is C13H15FN2O5. The molecule has 0 fully saturated rings. The summed E-state index contributed by atoms with van der Waals surface area (Å²) in [6.07, 6.45) is -0.324. The molecule has 7 nitrogen and oxygen atoms in total. The molecule has 0 aliphatic rings. The van der Waals surface area contributed by atoms with E-state index in [2.05, 4.69) is 10.1 Å². The largest absolute Gasteiger partial charge is 0.480 e. The summed E-state index contributed by atoms with van der Waals surface area (Å²) < 4.78 is 17.6. The SMILES string of the molecule is COC(=O)CC[C@@H](NC(=O)c1cccc(F)c1N)C(=O)O. The lowest BCUT2D eigenvalue weighted by atomic mass is 10.1. The van der Waals surface area contributed by atoms with Gasteiger partial charge in [-0.3, -0.25) is 9.59 Å². The van der Waals surface area contributed by atoms with E-state index in [0.29, 0.717) is 0 Å². The van der Waals surface area contributed by atoms with Gasteiger partial charge in [0.2, 0.25) is 0 Å². The monoisotopic (exact) mass is 298 g/mol. The number of anilines is 1. The third kappa shape index (κ3) is 4.44. The number of ether oxygens (including phenoxy) is 1. The van der Waals surface area contributed by atoms with Gasteiger partial charge < -0.3 is 20.9 Å². The fourth-order valence-electron chi connectivity index (χ4n) is 1.59. The Bertz CT molecular complexity index is 561. The normalized spacial score (nSPS) is 11.5. The van der Waals surface area contributed by atoms with Gasteiger partial charge in [0.25, 0.3) is 5.91 Å². The molecule has 0 saturated carbocycles. The summed E-state index contributed by atoms with van der Waals surface area (Å²) in [6.45, 7) is 0. The average Bonchev–Trinajstić information content (AvgIpc) is 2.45. The van der Waals surface area contributed by atoms with Gasteiger partial charge in [-0.2, -0.15) is 0 Å². The predicted octanol–water partition coefficient (Wildman–Crippen LogP) is 0.544. The number of aliphatic carboxylic acids is 1. The van der Waals surface area contributed by atoms with Crippen molar-refractivity contribution in [3.05, 3.63) is 29.6 Å². The Morgan fingerprint density at radius 2 is 2.10 bits per heavy atom. The molecule has 21 heavy (non-hydrogen) atoms. The van der Waals surface area contributed by atoms with Gasteiger partial charge in [-0.1, -0.05) is 6.07 Å². The van der Waals surface area contributed by atoms with E-state index in [1.807, 2.05) is 0 Å². The number of esters is 1. The molecule has 4 N–H and O–H groups in total. The van der Waals surface area contributed by atoms with Crippen LogP contribution < -0.4 is 11.1 Å². The number of hydrogen-bond donors (Lipinski definition) is 3. The number of hydrogen-bond acceptors (Lipinski definition) is 5. The van der Waals surface area contributed by atoms with Crippen molar-refractivity contribution >= 4 is 23.5 Å². The molecule has 0 bridgehead atoms. The zero-order valence-electron chi connectivity index (χ0n) is 11.3. The van der Waals surface area contributed by atoms with E-state index in [-0.39, 0.29) is 24.1 Å². The van der Waals surface area contributed by atoms with Crippen LogP contribution in [0, 0.1) is 5.82 Å². The van der Waals surface area contributed by atoms with Crippen LogP contribution in [-0.4, -0.2) is 36.1 Å². The quantitative estimate of drug-likeness (QED) is 0.521. The van der Waals surface area contributed by atoms with E-state index in [0.717, 1.165) is 6.07 Å². The van der Waals surface area contributed by atoms with Gasteiger partial charge in [-0.05, 0) is 18.6 Å². The lowest BCUT2D eigenvalue weighted by molar-refractivity contribution is -0.142. The minimum absolute atomic E-state index is 0.150. The number of benzene rings is 1. The molecule has 1 rings (SSSR count). The minimum atomic E-state index is -1.32. The molecule has 1 amide bonds. The number of carboxylic acids is 1. The van der Waals surface area contributed by atoms with Gasteiger partial charge in [0, 0.05) is 6.42 Å². The molecule has 0 aliphatic heterocycles. The summed E-state index contributed by atoms with van der Waals surface area (Å²) in [6, 6.07) is 2.33. The third-order valence-corrected chi connectivity index (χ3v) is 2.77. The van der Waals surface area contributed by atoms with E-state index in [1.54, 1.807) is 0 Å². The van der Waals surface area contributed by atoms with Gasteiger partial charge in [-0.15, -0.1) is 0 Å². The maximum atomic E-state index is 13.3. The number of methoxy groups -OCH3 is 1. The Hall–Kier alpha value is -2.64. The van der Waals surface area contributed by atoms with Gasteiger partial charge in [-0.25, -0.2) is 9.18 Å². The molecule has 114 valence electrons. The smallest absolute Gasteiger partial charge is 0.326 e. The number of carboxylic acid groups (broad SMARTS) is 1. The number of halogens is 1. The maximum Gasteiger partial charge on any atom is 0.326 e. The van der Waals surface area contributed by atoms with Crippen LogP contribution in [0.1, 0.15) is 23.2 Å². The summed E-state index contributed by atoms with van der Waals surface area (Å²) in [7, 11) is 1.17. The van der Waals surface area contributed by atoms with Crippen LogP contribution in [0.25, 0.3) is 0 Å². The van der Waals surface area contributed by atoms with Crippen molar-refractivity contribution in [3.8, 4) is 0 Å². The second-order valence-electron chi connectivity index (χ2n) is 4.18. The zero-order chi connectivity index (χ0) is 16.0. The Labute approximate surface area is 119 Å². The van der Waals surface area contributed by atoms with Crippen molar-refractivity contribution in [3.63, 3.8) is 0 Å². The molecule has 0 saturated heterocycles. The summed E-state index contributed by atoms with van der Waals surface area (Å²) in [5, 5.41) is 11.2. The van der Waals surface area contributed by atoms with Crippen molar-refractivity contribution in [1.29, 1.82) is 0 Å². The summed E-state index contributed by atoms with van der Waals surface area (Å²) in [4.78, 5) is 34.0. The number of nitrogens with two attached hydrogens (primary N) is 1. The second kappa shape index (κ2) is 7.22. The molecule has 0 unspecified atom stereocenters. The van der Waals surface area contributed by atoms with E-state index >= 15 is 0 Å². The number of nitrogen functional groups attached to an aromatic ring is 1. The second-order valence-corrected chi connectivity index (χ2v) is 4.18. The van der Waals surface area contributed by atoms with Crippen LogP contribution in [0.2, 0.25) is 0 Å². The first-order valence-corrected chi connectivity index (χ1v) is 6.01. The molecule has 1 atom stereocenters. The van der Waals surface area contributed by atoms with Crippen molar-refractivity contribution < 1.29 is 28.6 Å². The highest BCUT2D eigenvalue weighted by Crippen LogP contribution is 2.16. The Morgan fingerprint density at radius 3 is 2.67 bits per heavy atom. The third-order valence-electron chi connectivity index (χ3n) is 2.77. The minimum Gasteiger partial charge on any atom is -0.480 e. The van der Waals surface area contributed by atoms with Crippen molar-refractivity contribution in [2.75, 3.05) is 12.8 Å². The van der Waals surface area contributed by atoms with Gasteiger partial charge in [0.05, 0.1) is 18.4 Å². The van der Waals surface area contributed by atoms with Crippen LogP contribution in [0.15, 0.2) is 18.2 Å². The first-order chi connectivity index (χ1) is 9.86. The first kappa shape index (κ1) is 16.4. The molecule has 1 aromatic carbocycles. The molecule has 0 spiro atoms. The van der Waals surface area contributed by atoms with Crippen LogP contribution in [0.4, 0.5) is 10.1 Å². The number of carbonyl (C=O) groups excluding carboxylic acids is 2. The van der Waals surface area contributed by atoms with E-state index in [4.69, 9.17) is 10.8 Å². The highest BCUT2D eigenvalue weighted by molar-refractivity contribution is 6.00. The Morgan fingerprint density at radius 1 is 1.43 bits per heavy atom. The van der Waals surface area contributed by atoms with E-state index in [1.165, 1.54) is 19.2 Å². The summed E-state index contributed by atoms with van der Waals surface area (Å²) in [5.74, 6) is -3.52. The average molecular weight is 298 g/mol. The highest BCUT2D eigenvalue weighted by atomic mass is 19.1. The fourth-order valence-corrected chi connectivity index (χ4v) is 1.59. The predicted molar refractivity (Wildman–Crippen MR) is 71.0 cm³/mol. The van der Waals surface area contributed by atoms with E-state index in [9.17, 15) is 18.8 Å².